The maximum absolute atomic E-state index is 13.6. The second kappa shape index (κ2) is 12.6. The van der Waals surface area contributed by atoms with Crippen molar-refractivity contribution in [2.24, 2.45) is 0 Å². The van der Waals surface area contributed by atoms with Gasteiger partial charge in [-0.2, -0.15) is 0 Å². The summed E-state index contributed by atoms with van der Waals surface area (Å²) in [6, 6.07) is 18.3. The number of thiazole rings is 1. The largest absolute Gasteiger partial charge is 0.507 e. The van der Waals surface area contributed by atoms with Gasteiger partial charge < -0.3 is 14.6 Å². The van der Waals surface area contributed by atoms with Crippen molar-refractivity contribution in [1.82, 2.24) is 4.98 Å². The Kier molecular flexibility index (Phi) is 8.87. The number of hydrogen-bond donors (Lipinski definition) is 1. The summed E-state index contributed by atoms with van der Waals surface area (Å²) in [4.78, 5) is 45.5. The van der Waals surface area contributed by atoms with Gasteiger partial charge in [0.1, 0.15) is 23.0 Å². The van der Waals surface area contributed by atoms with Crippen LogP contribution in [-0.4, -0.2) is 34.4 Å². The van der Waals surface area contributed by atoms with E-state index in [0.717, 1.165) is 16.9 Å². The van der Waals surface area contributed by atoms with Crippen LogP contribution in [0.5, 0.6) is 5.75 Å². The van der Waals surface area contributed by atoms with Gasteiger partial charge in [0.25, 0.3) is 5.78 Å². The normalized spacial score (nSPS) is 16.0. The number of nitrogens with zero attached hydrogens (tertiary/aromatic N) is 2. The van der Waals surface area contributed by atoms with Crippen molar-refractivity contribution in [1.29, 1.82) is 0 Å². The summed E-state index contributed by atoms with van der Waals surface area (Å²) in [5, 5.41) is 12.2. The molecule has 0 radical (unpaired) electrons. The lowest BCUT2D eigenvalue weighted by molar-refractivity contribution is -0.132. The molecule has 5 rings (SSSR count). The number of aliphatic hydroxyl groups is 1. The number of hydrogen-bond acceptors (Lipinski definition) is 8. The molecule has 0 bridgehead atoms. The van der Waals surface area contributed by atoms with Crippen molar-refractivity contribution in [3.8, 4) is 5.75 Å². The van der Waals surface area contributed by atoms with Crippen LogP contribution in [0.25, 0.3) is 5.76 Å². The van der Waals surface area contributed by atoms with E-state index in [1.807, 2.05) is 30.3 Å². The molecule has 4 aromatic rings. The second-order valence-corrected chi connectivity index (χ2v) is 11.5. The van der Waals surface area contributed by atoms with E-state index in [4.69, 9.17) is 32.7 Å². The molecule has 1 saturated heterocycles. The lowest BCUT2D eigenvalue weighted by Crippen LogP contribution is -2.29. The molecule has 2 heterocycles. The molecule has 220 valence electrons. The topological polar surface area (TPSA) is 106 Å². The van der Waals surface area contributed by atoms with Gasteiger partial charge in [-0.25, -0.2) is 9.78 Å². The van der Waals surface area contributed by atoms with E-state index < -0.39 is 23.7 Å². The van der Waals surface area contributed by atoms with E-state index in [1.54, 1.807) is 51.1 Å². The maximum Gasteiger partial charge on any atom is 0.350 e. The average Bonchev–Trinajstić information content (AvgIpc) is 3.50. The number of carbonyl (C=O) groups is 3. The Labute approximate surface area is 262 Å². The first-order chi connectivity index (χ1) is 20.6. The molecule has 1 aliphatic heterocycles. The van der Waals surface area contributed by atoms with Gasteiger partial charge >= 0.3 is 11.9 Å². The van der Waals surface area contributed by atoms with Crippen LogP contribution in [0.15, 0.2) is 72.3 Å². The van der Waals surface area contributed by atoms with E-state index in [1.165, 1.54) is 11.0 Å². The third-order valence-corrected chi connectivity index (χ3v) is 8.73. The van der Waals surface area contributed by atoms with Crippen LogP contribution in [0.4, 0.5) is 5.13 Å². The standard InChI is InChI=1S/C32H26Cl2N2O6S/c1-4-41-31(40)29-18(3)35-32(43-29)36-26(20-10-13-23(33)24(34)15-20)25(28(38)30(36)39)27(37)22-12-11-21(14-17(22)2)42-16-19-8-6-5-7-9-19/h5-15,26,37H,4,16H2,1-3H3. The lowest BCUT2D eigenvalue weighted by atomic mass is 9.94. The number of ketones is 1. The number of aliphatic hydroxyl groups excluding tert-OH is 1. The number of ether oxygens (including phenoxy) is 2. The fraction of sp³-hybridized carbons (Fsp3) is 0.188. The Morgan fingerprint density at radius 1 is 1.02 bits per heavy atom. The molecule has 1 atom stereocenters. The van der Waals surface area contributed by atoms with Crippen LogP contribution in [-0.2, 0) is 20.9 Å². The summed E-state index contributed by atoms with van der Waals surface area (Å²) >= 11 is 13.4. The highest BCUT2D eigenvalue weighted by molar-refractivity contribution is 7.17. The van der Waals surface area contributed by atoms with Crippen LogP contribution in [0, 0.1) is 13.8 Å². The molecule has 0 aliphatic carbocycles. The summed E-state index contributed by atoms with van der Waals surface area (Å²) in [5.41, 5.74) is 2.57. The molecule has 0 spiro atoms. The number of halogens is 2. The van der Waals surface area contributed by atoms with E-state index in [-0.39, 0.29) is 38.0 Å². The predicted molar refractivity (Wildman–Crippen MR) is 166 cm³/mol. The number of amides is 1. The SMILES string of the molecule is CCOC(=O)c1sc(N2C(=O)C(=O)C(=C(O)c3ccc(OCc4ccccc4)cc3C)C2c2ccc(Cl)c(Cl)c2)nc1C. The number of aryl methyl sites for hydroxylation is 2. The van der Waals surface area contributed by atoms with Crippen molar-refractivity contribution in [3.05, 3.63) is 115 Å². The number of rotatable bonds is 8. The van der Waals surface area contributed by atoms with Crippen molar-refractivity contribution in [2.45, 2.75) is 33.4 Å². The Morgan fingerprint density at radius 3 is 2.44 bits per heavy atom. The number of carbonyl (C=O) groups excluding carboxylic acids is 3. The quantitative estimate of drug-likeness (QED) is 0.0926. The maximum atomic E-state index is 13.6. The van der Waals surface area contributed by atoms with Crippen LogP contribution < -0.4 is 9.64 Å². The summed E-state index contributed by atoms with van der Waals surface area (Å²) in [7, 11) is 0. The first-order valence-corrected chi connectivity index (χ1v) is 14.9. The highest BCUT2D eigenvalue weighted by atomic mass is 35.5. The number of benzene rings is 3. The summed E-state index contributed by atoms with van der Waals surface area (Å²) in [6.07, 6.45) is 0. The third-order valence-electron chi connectivity index (χ3n) is 6.86. The zero-order valence-corrected chi connectivity index (χ0v) is 25.7. The molecule has 11 heteroatoms. The Morgan fingerprint density at radius 2 is 1.77 bits per heavy atom. The monoisotopic (exact) mass is 636 g/mol. The zero-order chi connectivity index (χ0) is 30.8. The summed E-state index contributed by atoms with van der Waals surface area (Å²) < 4.78 is 11.0. The van der Waals surface area contributed by atoms with E-state index in [0.29, 0.717) is 34.7 Å². The second-order valence-electron chi connectivity index (χ2n) is 9.73. The van der Waals surface area contributed by atoms with Gasteiger partial charge in [-0.05, 0) is 67.8 Å². The molecular weight excluding hydrogens is 611 g/mol. The molecule has 1 aromatic heterocycles. The minimum absolute atomic E-state index is 0.0964. The third kappa shape index (κ3) is 6.01. The number of anilines is 1. The van der Waals surface area contributed by atoms with Crippen LogP contribution >= 0.6 is 34.5 Å². The molecule has 8 nitrogen and oxygen atoms in total. The molecule has 43 heavy (non-hydrogen) atoms. The highest BCUT2D eigenvalue weighted by Crippen LogP contribution is 2.45. The number of aromatic nitrogens is 1. The molecule has 1 aliphatic rings. The summed E-state index contributed by atoms with van der Waals surface area (Å²) in [6.45, 7) is 5.58. The minimum Gasteiger partial charge on any atom is -0.507 e. The van der Waals surface area contributed by atoms with Crippen LogP contribution in [0.2, 0.25) is 10.0 Å². The zero-order valence-electron chi connectivity index (χ0n) is 23.4. The van der Waals surface area contributed by atoms with Gasteiger partial charge in [0, 0.05) is 5.56 Å². The first-order valence-electron chi connectivity index (χ1n) is 13.3. The van der Waals surface area contributed by atoms with Crippen molar-refractivity contribution in [2.75, 3.05) is 11.5 Å². The van der Waals surface area contributed by atoms with Gasteiger partial charge in [0.15, 0.2) is 5.13 Å². The predicted octanol–water partition coefficient (Wildman–Crippen LogP) is 7.45. The minimum atomic E-state index is -1.11. The first kappa shape index (κ1) is 30.3. The Bertz CT molecular complexity index is 1770. The van der Waals surface area contributed by atoms with E-state index in [9.17, 15) is 19.5 Å². The van der Waals surface area contributed by atoms with Crippen molar-refractivity contribution in [3.63, 3.8) is 0 Å². The lowest BCUT2D eigenvalue weighted by Gasteiger charge is -2.23. The van der Waals surface area contributed by atoms with Gasteiger partial charge in [0.05, 0.1) is 34.0 Å². The molecule has 1 amide bonds. The molecule has 3 aromatic carbocycles. The van der Waals surface area contributed by atoms with Crippen molar-refractivity contribution < 1.29 is 29.0 Å². The molecule has 0 saturated carbocycles. The van der Waals surface area contributed by atoms with Crippen molar-refractivity contribution >= 4 is 63.1 Å². The fourth-order valence-corrected chi connectivity index (χ4v) is 6.07. The smallest absolute Gasteiger partial charge is 0.350 e. The molecular formula is C32H26Cl2N2O6S. The number of esters is 1. The van der Waals surface area contributed by atoms with E-state index in [2.05, 4.69) is 4.98 Å². The fourth-order valence-electron chi connectivity index (χ4n) is 4.78. The van der Waals surface area contributed by atoms with Gasteiger partial charge in [-0.15, -0.1) is 0 Å². The molecule has 1 unspecified atom stereocenters. The molecule has 1 N–H and O–H groups in total. The van der Waals surface area contributed by atoms with Gasteiger partial charge in [-0.1, -0.05) is 70.9 Å². The van der Waals surface area contributed by atoms with Gasteiger partial charge in [-0.3, -0.25) is 14.5 Å². The number of Topliss-reactive ketones (excluding diaryl/α,β-unsaturated/α-hetero) is 1. The van der Waals surface area contributed by atoms with Gasteiger partial charge in [0.2, 0.25) is 0 Å². The average molecular weight is 638 g/mol. The van der Waals surface area contributed by atoms with Crippen LogP contribution in [0.1, 0.15) is 50.6 Å². The van der Waals surface area contributed by atoms with Crippen LogP contribution in [0.3, 0.4) is 0 Å². The Hall–Kier alpha value is -4.18. The Balaban J connectivity index is 1.59. The van der Waals surface area contributed by atoms with E-state index >= 15 is 0 Å². The molecule has 1 fully saturated rings. The summed E-state index contributed by atoms with van der Waals surface area (Å²) in [5.74, 6) is -2.21. The highest BCUT2D eigenvalue weighted by Gasteiger charge is 2.48.